The zero-order chi connectivity index (χ0) is 11.1. The summed E-state index contributed by atoms with van der Waals surface area (Å²) in [6, 6.07) is 0. The van der Waals surface area contributed by atoms with Crippen molar-refractivity contribution in [1.29, 1.82) is 0 Å². The number of aliphatic hydroxyl groups is 1. The largest absolute Gasteiger partial charge is 0.390 e. The first kappa shape index (κ1) is 12.5. The first-order chi connectivity index (χ1) is 7.29. The normalized spacial score (nSPS) is 10.9. The van der Waals surface area contributed by atoms with E-state index in [2.05, 4.69) is 4.98 Å². The molecular weight excluding hydrogens is 212 g/mol. The minimum atomic E-state index is 0.0446. The second-order valence-corrected chi connectivity index (χ2v) is 4.21. The number of rotatable bonds is 7. The minimum Gasteiger partial charge on any atom is -0.390 e. The zero-order valence-electron chi connectivity index (χ0n) is 9.27. The molecular formula is C10H18N2O2S. The van der Waals surface area contributed by atoms with Crippen LogP contribution in [0.5, 0.6) is 0 Å². The van der Waals surface area contributed by atoms with Crippen LogP contribution in [0.25, 0.3) is 0 Å². The lowest BCUT2D eigenvalue weighted by molar-refractivity contribution is 0.149. The number of imidazole rings is 1. The maximum atomic E-state index is 8.98. The highest BCUT2D eigenvalue weighted by Gasteiger charge is 2.05. The summed E-state index contributed by atoms with van der Waals surface area (Å²) >= 11 is 1.69. The molecule has 0 aromatic carbocycles. The Hall–Kier alpha value is -0.520. The quantitative estimate of drug-likeness (QED) is 0.568. The van der Waals surface area contributed by atoms with Gasteiger partial charge >= 0.3 is 0 Å². The summed E-state index contributed by atoms with van der Waals surface area (Å²) in [6.45, 7) is 3.63. The molecule has 0 fully saturated rings. The van der Waals surface area contributed by atoms with Crippen molar-refractivity contribution in [1.82, 2.24) is 9.55 Å². The Balaban J connectivity index is 2.28. The van der Waals surface area contributed by atoms with E-state index in [0.717, 1.165) is 36.2 Å². The van der Waals surface area contributed by atoms with E-state index in [1.54, 1.807) is 18.0 Å². The third kappa shape index (κ3) is 3.85. The molecule has 0 bridgehead atoms. The Kier molecular flexibility index (Phi) is 5.75. The van der Waals surface area contributed by atoms with Gasteiger partial charge < -0.3 is 14.4 Å². The second-order valence-electron chi connectivity index (χ2n) is 3.15. The van der Waals surface area contributed by atoms with Gasteiger partial charge in [0.1, 0.15) is 0 Å². The molecule has 0 unspecified atom stereocenters. The molecule has 1 aromatic heterocycles. The van der Waals surface area contributed by atoms with Crippen LogP contribution in [-0.4, -0.2) is 33.6 Å². The van der Waals surface area contributed by atoms with Crippen LogP contribution < -0.4 is 0 Å². The van der Waals surface area contributed by atoms with Gasteiger partial charge in [-0.15, -0.1) is 0 Å². The van der Waals surface area contributed by atoms with Crippen molar-refractivity contribution in [2.75, 3.05) is 19.0 Å². The summed E-state index contributed by atoms with van der Waals surface area (Å²) in [6.07, 6.45) is 2.74. The maximum absolute atomic E-state index is 8.98. The fraction of sp³-hybridized carbons (Fsp3) is 0.700. The topological polar surface area (TPSA) is 47.3 Å². The first-order valence-corrected chi connectivity index (χ1v) is 6.10. The van der Waals surface area contributed by atoms with Crippen LogP contribution in [-0.2, 0) is 18.4 Å². The van der Waals surface area contributed by atoms with Gasteiger partial charge in [-0.25, -0.2) is 4.98 Å². The van der Waals surface area contributed by atoms with Gasteiger partial charge in [-0.2, -0.15) is 0 Å². The van der Waals surface area contributed by atoms with Crippen molar-refractivity contribution < 1.29 is 9.84 Å². The van der Waals surface area contributed by atoms with Crippen molar-refractivity contribution in [3.05, 3.63) is 11.9 Å². The second kappa shape index (κ2) is 6.87. The number of aromatic nitrogens is 2. The molecule has 86 valence electrons. The summed E-state index contributed by atoms with van der Waals surface area (Å²) in [7, 11) is 1.92. The summed E-state index contributed by atoms with van der Waals surface area (Å²) in [5, 5.41) is 9.94. The molecule has 1 N–H and O–H groups in total. The van der Waals surface area contributed by atoms with Gasteiger partial charge in [0.25, 0.3) is 0 Å². The maximum Gasteiger partial charge on any atom is 0.167 e. The van der Waals surface area contributed by atoms with Crippen molar-refractivity contribution in [3.8, 4) is 0 Å². The van der Waals surface area contributed by atoms with E-state index in [9.17, 15) is 0 Å². The zero-order valence-corrected chi connectivity index (χ0v) is 10.1. The van der Waals surface area contributed by atoms with E-state index < -0.39 is 0 Å². The SMILES string of the molecule is CCOCCCSc1ncc(CO)n1C. The number of nitrogens with zero attached hydrogens (tertiary/aromatic N) is 2. The molecule has 0 atom stereocenters. The van der Waals surface area contributed by atoms with Crippen molar-refractivity contribution in [3.63, 3.8) is 0 Å². The summed E-state index contributed by atoms with van der Waals surface area (Å²) in [5.41, 5.74) is 0.849. The fourth-order valence-electron chi connectivity index (χ4n) is 1.18. The summed E-state index contributed by atoms with van der Waals surface area (Å²) < 4.78 is 7.17. The van der Waals surface area contributed by atoms with Crippen LogP contribution in [0.15, 0.2) is 11.4 Å². The van der Waals surface area contributed by atoms with Crippen LogP contribution >= 0.6 is 11.8 Å². The van der Waals surface area contributed by atoms with E-state index in [0.29, 0.717) is 0 Å². The van der Waals surface area contributed by atoms with Crippen molar-refractivity contribution >= 4 is 11.8 Å². The van der Waals surface area contributed by atoms with Gasteiger partial charge in [0.15, 0.2) is 5.16 Å². The Labute approximate surface area is 94.7 Å². The third-order valence-corrected chi connectivity index (χ3v) is 3.20. The van der Waals surface area contributed by atoms with E-state index in [4.69, 9.17) is 9.84 Å². The Morgan fingerprint density at radius 2 is 2.40 bits per heavy atom. The molecule has 1 heterocycles. The molecule has 5 heteroatoms. The highest BCUT2D eigenvalue weighted by atomic mass is 32.2. The lowest BCUT2D eigenvalue weighted by Crippen LogP contribution is -1.99. The van der Waals surface area contributed by atoms with E-state index in [-0.39, 0.29) is 6.61 Å². The standard InChI is InChI=1S/C10H18N2O2S/c1-3-14-5-4-6-15-10-11-7-9(8-13)12(10)2/h7,13H,3-6,8H2,1-2H3. The predicted molar refractivity (Wildman–Crippen MR) is 61.0 cm³/mol. The van der Waals surface area contributed by atoms with Crippen LogP contribution in [0.2, 0.25) is 0 Å². The molecule has 1 aromatic rings. The number of aliphatic hydroxyl groups excluding tert-OH is 1. The molecule has 0 radical (unpaired) electrons. The highest BCUT2D eigenvalue weighted by Crippen LogP contribution is 2.17. The first-order valence-electron chi connectivity index (χ1n) is 5.11. The molecule has 0 amide bonds. The highest BCUT2D eigenvalue weighted by molar-refractivity contribution is 7.99. The van der Waals surface area contributed by atoms with Gasteiger partial charge in [0, 0.05) is 26.0 Å². The molecule has 0 aliphatic rings. The smallest absolute Gasteiger partial charge is 0.167 e. The predicted octanol–water partition coefficient (Wildman–Crippen LogP) is 1.43. The number of ether oxygens (including phenoxy) is 1. The molecule has 0 saturated heterocycles. The monoisotopic (exact) mass is 230 g/mol. The third-order valence-electron chi connectivity index (χ3n) is 2.07. The van der Waals surface area contributed by atoms with Gasteiger partial charge in [0.05, 0.1) is 18.5 Å². The fourth-order valence-corrected chi connectivity index (χ4v) is 2.06. The minimum absolute atomic E-state index is 0.0446. The Bertz CT molecular complexity index is 289. The molecule has 0 saturated carbocycles. The van der Waals surface area contributed by atoms with E-state index in [1.807, 2.05) is 18.5 Å². The van der Waals surface area contributed by atoms with Crippen LogP contribution in [0.4, 0.5) is 0 Å². The van der Waals surface area contributed by atoms with E-state index >= 15 is 0 Å². The lowest BCUT2D eigenvalue weighted by atomic mass is 10.5. The van der Waals surface area contributed by atoms with Gasteiger partial charge in [-0.3, -0.25) is 0 Å². The molecule has 0 spiro atoms. The molecule has 1 rings (SSSR count). The van der Waals surface area contributed by atoms with Gasteiger partial charge in [-0.1, -0.05) is 11.8 Å². The van der Waals surface area contributed by atoms with E-state index in [1.165, 1.54) is 0 Å². The summed E-state index contributed by atoms with van der Waals surface area (Å²) in [5.74, 6) is 0.996. The number of hydrogen-bond acceptors (Lipinski definition) is 4. The van der Waals surface area contributed by atoms with Crippen LogP contribution in [0.1, 0.15) is 19.0 Å². The van der Waals surface area contributed by atoms with Crippen molar-refractivity contribution in [2.45, 2.75) is 25.1 Å². The van der Waals surface area contributed by atoms with Gasteiger partial charge in [-0.05, 0) is 13.3 Å². The molecule has 0 aliphatic heterocycles. The lowest BCUT2D eigenvalue weighted by Gasteiger charge is -2.03. The van der Waals surface area contributed by atoms with Crippen LogP contribution in [0.3, 0.4) is 0 Å². The van der Waals surface area contributed by atoms with Gasteiger partial charge in [0.2, 0.25) is 0 Å². The average molecular weight is 230 g/mol. The number of thioether (sulfide) groups is 1. The Morgan fingerprint density at radius 3 is 3.00 bits per heavy atom. The number of hydrogen-bond donors (Lipinski definition) is 1. The molecule has 15 heavy (non-hydrogen) atoms. The molecule has 4 nitrogen and oxygen atoms in total. The summed E-state index contributed by atoms with van der Waals surface area (Å²) in [4.78, 5) is 4.23. The Morgan fingerprint density at radius 1 is 1.60 bits per heavy atom. The molecule has 0 aliphatic carbocycles. The average Bonchev–Trinajstić information content (AvgIpc) is 2.60. The van der Waals surface area contributed by atoms with Crippen molar-refractivity contribution in [2.24, 2.45) is 7.05 Å². The van der Waals surface area contributed by atoms with Crippen LogP contribution in [0, 0.1) is 0 Å².